The number of hydrogen-bond donors (Lipinski definition) is 4. The first-order valence-corrected chi connectivity index (χ1v) is 4.61. The van der Waals surface area contributed by atoms with Gasteiger partial charge in [-0.2, -0.15) is 0 Å². The molecule has 0 rings (SSSR count). The lowest BCUT2D eigenvalue weighted by Gasteiger charge is -2.04. The summed E-state index contributed by atoms with van der Waals surface area (Å²) >= 11 is 0. The third kappa shape index (κ3) is 10.0. The highest BCUT2D eigenvalue weighted by Gasteiger charge is 2.11. The maximum atomic E-state index is 10.1. The minimum Gasteiger partial charge on any atom is -0.395 e. The van der Waals surface area contributed by atoms with Crippen molar-refractivity contribution in [3.8, 4) is 0 Å². The van der Waals surface area contributed by atoms with Crippen LogP contribution in [0.15, 0.2) is 0 Å². The number of nitrogens with one attached hydrogen (secondary N) is 1. The van der Waals surface area contributed by atoms with E-state index in [2.05, 4.69) is 9.84 Å². The largest absolute Gasteiger partial charge is 0.469 e. The van der Waals surface area contributed by atoms with Crippen LogP contribution in [0.5, 0.6) is 0 Å². The van der Waals surface area contributed by atoms with Crippen LogP contribution in [0.2, 0.25) is 0 Å². The number of rotatable bonds is 6. The Labute approximate surface area is 64.4 Å². The normalized spacial score (nSPS) is 11.9. The fraction of sp³-hybridized carbons (Fsp3) is 1.00. The standard InChI is InChI=1S/C4H12NO5P/c6-3-1-5-2-4-10-11(7,8)9/h5-6H,1-4H2,(H2,7,8,9). The summed E-state index contributed by atoms with van der Waals surface area (Å²) in [5.74, 6) is 0. The van der Waals surface area contributed by atoms with E-state index < -0.39 is 7.82 Å². The summed E-state index contributed by atoms with van der Waals surface area (Å²) < 4.78 is 14.2. The highest BCUT2D eigenvalue weighted by molar-refractivity contribution is 7.46. The fourth-order valence-corrected chi connectivity index (χ4v) is 0.770. The highest BCUT2D eigenvalue weighted by atomic mass is 31.2. The van der Waals surface area contributed by atoms with Gasteiger partial charge in [0.25, 0.3) is 0 Å². The zero-order valence-corrected chi connectivity index (χ0v) is 6.83. The molecule has 0 saturated carbocycles. The molecule has 0 aliphatic rings. The van der Waals surface area contributed by atoms with E-state index >= 15 is 0 Å². The van der Waals surface area contributed by atoms with Gasteiger partial charge in [-0.1, -0.05) is 0 Å². The van der Waals surface area contributed by atoms with Gasteiger partial charge in [-0.3, -0.25) is 4.52 Å². The molecule has 7 heteroatoms. The zero-order valence-electron chi connectivity index (χ0n) is 5.93. The summed E-state index contributed by atoms with van der Waals surface area (Å²) in [4.78, 5) is 16.4. The lowest BCUT2D eigenvalue weighted by molar-refractivity contribution is 0.195. The molecular weight excluding hydrogens is 173 g/mol. The SMILES string of the molecule is O=P(O)(O)OCCNCCO. The van der Waals surface area contributed by atoms with Crippen LogP contribution >= 0.6 is 7.82 Å². The van der Waals surface area contributed by atoms with Crippen LogP contribution in [0.4, 0.5) is 0 Å². The van der Waals surface area contributed by atoms with Gasteiger partial charge < -0.3 is 20.2 Å². The molecule has 0 heterocycles. The van der Waals surface area contributed by atoms with Crippen molar-refractivity contribution in [2.75, 3.05) is 26.3 Å². The lowest BCUT2D eigenvalue weighted by Crippen LogP contribution is -2.22. The Morgan fingerprint density at radius 3 is 2.45 bits per heavy atom. The molecule has 4 N–H and O–H groups in total. The Balaban J connectivity index is 3.09. The van der Waals surface area contributed by atoms with E-state index in [0.717, 1.165) is 0 Å². The summed E-state index contributed by atoms with van der Waals surface area (Å²) in [6, 6.07) is 0. The summed E-state index contributed by atoms with van der Waals surface area (Å²) in [6.45, 7) is 0.635. The molecule has 0 unspecified atom stereocenters. The Kier molecular flexibility index (Phi) is 5.67. The van der Waals surface area contributed by atoms with Crippen LogP contribution in [0, 0.1) is 0 Å². The third-order valence-corrected chi connectivity index (χ3v) is 1.35. The smallest absolute Gasteiger partial charge is 0.395 e. The minimum atomic E-state index is -4.32. The summed E-state index contributed by atoms with van der Waals surface area (Å²) in [7, 11) is -4.32. The number of aliphatic hydroxyl groups is 1. The van der Waals surface area contributed by atoms with Gasteiger partial charge in [0.15, 0.2) is 0 Å². The first-order chi connectivity index (χ1) is 5.06. The number of aliphatic hydroxyl groups excluding tert-OH is 1. The van der Waals surface area contributed by atoms with Crippen molar-refractivity contribution in [2.24, 2.45) is 0 Å². The molecular formula is C4H12NO5P. The van der Waals surface area contributed by atoms with Gasteiger partial charge in [0.2, 0.25) is 0 Å². The van der Waals surface area contributed by atoms with Crippen LogP contribution < -0.4 is 5.32 Å². The number of phosphoric acid groups is 1. The van der Waals surface area contributed by atoms with Crippen molar-refractivity contribution in [2.45, 2.75) is 0 Å². The molecule has 0 aromatic rings. The van der Waals surface area contributed by atoms with Crippen molar-refractivity contribution in [3.63, 3.8) is 0 Å². The summed E-state index contributed by atoms with van der Waals surface area (Å²) in [6.07, 6.45) is 0. The molecule has 0 aromatic carbocycles. The minimum absolute atomic E-state index is 0.00406. The lowest BCUT2D eigenvalue weighted by atomic mass is 10.6. The van der Waals surface area contributed by atoms with Crippen molar-refractivity contribution in [1.82, 2.24) is 5.32 Å². The molecule has 68 valence electrons. The maximum absolute atomic E-state index is 10.1. The van der Waals surface area contributed by atoms with E-state index in [9.17, 15) is 4.57 Å². The molecule has 0 saturated heterocycles. The van der Waals surface area contributed by atoms with E-state index in [-0.39, 0.29) is 13.2 Å². The molecule has 0 bridgehead atoms. The van der Waals surface area contributed by atoms with E-state index in [1.807, 2.05) is 0 Å². The van der Waals surface area contributed by atoms with Crippen LogP contribution in [0.25, 0.3) is 0 Å². The van der Waals surface area contributed by atoms with E-state index in [1.165, 1.54) is 0 Å². The predicted octanol–water partition coefficient (Wildman–Crippen LogP) is -1.32. The zero-order chi connectivity index (χ0) is 8.74. The molecule has 0 radical (unpaired) electrons. The first kappa shape index (κ1) is 11.0. The van der Waals surface area contributed by atoms with E-state index in [4.69, 9.17) is 14.9 Å². The Morgan fingerprint density at radius 2 is 2.00 bits per heavy atom. The van der Waals surface area contributed by atoms with Gasteiger partial charge in [-0.15, -0.1) is 0 Å². The van der Waals surface area contributed by atoms with Gasteiger partial charge in [0.05, 0.1) is 13.2 Å². The molecule has 0 aliphatic carbocycles. The summed E-state index contributed by atoms with van der Waals surface area (Å²) in [5, 5.41) is 11.0. The second kappa shape index (κ2) is 5.65. The molecule has 0 atom stereocenters. The second-order valence-corrected chi connectivity index (χ2v) is 3.04. The van der Waals surface area contributed by atoms with Crippen molar-refractivity contribution < 1.29 is 24.0 Å². The molecule has 0 amide bonds. The maximum Gasteiger partial charge on any atom is 0.469 e. The monoisotopic (exact) mass is 185 g/mol. The van der Waals surface area contributed by atoms with Gasteiger partial charge in [0, 0.05) is 13.1 Å². The predicted molar refractivity (Wildman–Crippen MR) is 38.0 cm³/mol. The molecule has 6 nitrogen and oxygen atoms in total. The van der Waals surface area contributed by atoms with E-state index in [0.29, 0.717) is 13.1 Å². The Bertz CT molecular complexity index is 134. The first-order valence-electron chi connectivity index (χ1n) is 3.08. The Hall–Kier alpha value is 0.0300. The second-order valence-electron chi connectivity index (χ2n) is 1.80. The third-order valence-electron chi connectivity index (χ3n) is 0.827. The topological polar surface area (TPSA) is 99.0 Å². The van der Waals surface area contributed by atoms with Crippen molar-refractivity contribution in [3.05, 3.63) is 0 Å². The average Bonchev–Trinajstić information content (AvgIpc) is 1.85. The van der Waals surface area contributed by atoms with Gasteiger partial charge in [-0.25, -0.2) is 4.57 Å². The van der Waals surface area contributed by atoms with Gasteiger partial charge >= 0.3 is 7.82 Å². The number of phosphoric ester groups is 1. The molecule has 0 aliphatic heterocycles. The Morgan fingerprint density at radius 1 is 1.36 bits per heavy atom. The van der Waals surface area contributed by atoms with E-state index in [1.54, 1.807) is 0 Å². The molecule has 0 fully saturated rings. The quantitative estimate of drug-likeness (QED) is 0.302. The van der Waals surface area contributed by atoms with Crippen LogP contribution in [0.1, 0.15) is 0 Å². The molecule has 0 spiro atoms. The fourth-order valence-electron chi connectivity index (χ4n) is 0.441. The number of hydrogen-bond acceptors (Lipinski definition) is 4. The van der Waals surface area contributed by atoms with Crippen molar-refractivity contribution >= 4 is 7.82 Å². The van der Waals surface area contributed by atoms with Crippen LogP contribution in [0.3, 0.4) is 0 Å². The summed E-state index contributed by atoms with van der Waals surface area (Å²) in [5.41, 5.74) is 0. The van der Waals surface area contributed by atoms with Crippen molar-refractivity contribution in [1.29, 1.82) is 0 Å². The average molecular weight is 185 g/mol. The van der Waals surface area contributed by atoms with Gasteiger partial charge in [0.1, 0.15) is 0 Å². The van der Waals surface area contributed by atoms with Gasteiger partial charge in [-0.05, 0) is 0 Å². The molecule has 0 aromatic heterocycles. The van der Waals surface area contributed by atoms with Crippen LogP contribution in [-0.2, 0) is 9.09 Å². The van der Waals surface area contributed by atoms with Crippen LogP contribution in [-0.4, -0.2) is 41.2 Å². The molecule has 11 heavy (non-hydrogen) atoms. The highest BCUT2D eigenvalue weighted by Crippen LogP contribution is 2.34.